The number of nitro benzene ring substituents is 1. The van der Waals surface area contributed by atoms with Crippen LogP contribution in [0.4, 0.5) is 11.6 Å². The molecule has 1 aromatic heterocycles. The number of rotatable bonds is 3. The van der Waals surface area contributed by atoms with E-state index in [9.17, 15) is 14.9 Å². The number of fused-ring (bicyclic) bond motifs is 1. The van der Waals surface area contributed by atoms with Crippen LogP contribution in [-0.4, -0.2) is 33.3 Å². The largest absolute Gasteiger partial charge is 0.335 e. The molecule has 1 aromatic carbocycles. The highest BCUT2D eigenvalue weighted by Crippen LogP contribution is 2.41. The molecule has 0 bridgehead atoms. The summed E-state index contributed by atoms with van der Waals surface area (Å²) in [6.07, 6.45) is 1.35. The van der Waals surface area contributed by atoms with Gasteiger partial charge in [0, 0.05) is 23.5 Å². The SMILES string of the molecule is CC(C)n1c(N2CCCC(=O)C2)nc2c([N+](=O)[O-])c(Br)c(Br)cc21. The molecular formula is C15H16Br2N4O3. The van der Waals surface area contributed by atoms with Crippen molar-refractivity contribution >= 4 is 60.3 Å². The van der Waals surface area contributed by atoms with Gasteiger partial charge in [0.05, 0.1) is 17.0 Å². The predicted octanol–water partition coefficient (Wildman–Crippen LogP) is 4.22. The molecule has 2 aromatic rings. The van der Waals surface area contributed by atoms with Crippen LogP contribution < -0.4 is 4.90 Å². The van der Waals surface area contributed by atoms with Gasteiger partial charge in [-0.3, -0.25) is 14.9 Å². The van der Waals surface area contributed by atoms with Crippen molar-refractivity contribution in [3.8, 4) is 0 Å². The van der Waals surface area contributed by atoms with Crippen molar-refractivity contribution in [3.05, 3.63) is 25.1 Å². The normalized spacial score (nSPS) is 15.5. The molecule has 3 rings (SSSR count). The summed E-state index contributed by atoms with van der Waals surface area (Å²) in [6, 6.07) is 1.88. The number of hydrogen-bond donors (Lipinski definition) is 0. The molecule has 2 heterocycles. The van der Waals surface area contributed by atoms with Crippen molar-refractivity contribution < 1.29 is 9.72 Å². The highest BCUT2D eigenvalue weighted by atomic mass is 79.9. The van der Waals surface area contributed by atoms with E-state index < -0.39 is 4.92 Å². The molecular weight excluding hydrogens is 444 g/mol. The summed E-state index contributed by atoms with van der Waals surface area (Å²) in [5.41, 5.74) is 0.944. The van der Waals surface area contributed by atoms with E-state index in [1.807, 2.05) is 29.4 Å². The Morgan fingerprint density at radius 1 is 1.38 bits per heavy atom. The van der Waals surface area contributed by atoms with E-state index in [4.69, 9.17) is 0 Å². The number of imidazole rings is 1. The van der Waals surface area contributed by atoms with E-state index in [0.717, 1.165) is 13.0 Å². The van der Waals surface area contributed by atoms with Crippen LogP contribution in [0, 0.1) is 10.1 Å². The summed E-state index contributed by atoms with van der Waals surface area (Å²) in [5.74, 6) is 0.779. The summed E-state index contributed by atoms with van der Waals surface area (Å²) < 4.78 is 2.93. The minimum atomic E-state index is -0.431. The van der Waals surface area contributed by atoms with Crippen molar-refractivity contribution in [2.45, 2.75) is 32.7 Å². The number of halogens is 2. The minimum Gasteiger partial charge on any atom is -0.335 e. The molecule has 0 atom stereocenters. The zero-order valence-electron chi connectivity index (χ0n) is 13.3. The minimum absolute atomic E-state index is 0.0507. The number of Topliss-reactive ketones (excluding diaryl/α,β-unsaturated/α-hetero) is 1. The number of piperidine rings is 1. The molecule has 9 heteroatoms. The Morgan fingerprint density at radius 2 is 2.08 bits per heavy atom. The van der Waals surface area contributed by atoms with Gasteiger partial charge in [-0.05, 0) is 58.2 Å². The highest BCUT2D eigenvalue weighted by molar-refractivity contribution is 9.13. The van der Waals surface area contributed by atoms with Crippen LogP contribution in [0.2, 0.25) is 0 Å². The lowest BCUT2D eigenvalue weighted by molar-refractivity contribution is -0.384. The Balaban J connectivity index is 2.30. The maximum atomic E-state index is 11.8. The topological polar surface area (TPSA) is 81.3 Å². The molecule has 1 aliphatic rings. The maximum absolute atomic E-state index is 11.8. The summed E-state index contributed by atoms with van der Waals surface area (Å²) in [5, 5.41) is 11.5. The Morgan fingerprint density at radius 3 is 2.67 bits per heavy atom. The van der Waals surface area contributed by atoms with Gasteiger partial charge < -0.3 is 9.47 Å². The van der Waals surface area contributed by atoms with Gasteiger partial charge in [0.25, 0.3) is 0 Å². The van der Waals surface area contributed by atoms with E-state index in [0.29, 0.717) is 38.9 Å². The number of ketones is 1. The zero-order valence-corrected chi connectivity index (χ0v) is 16.4. The monoisotopic (exact) mass is 458 g/mol. The van der Waals surface area contributed by atoms with E-state index >= 15 is 0 Å². The molecule has 128 valence electrons. The van der Waals surface area contributed by atoms with Crippen LogP contribution >= 0.6 is 31.9 Å². The standard InChI is InChI=1S/C15H16Br2N4O3/c1-8(2)20-11-6-10(16)12(17)14(21(23)24)13(11)18-15(20)19-5-3-4-9(22)7-19/h6,8H,3-5,7H2,1-2H3. The van der Waals surface area contributed by atoms with Crippen LogP contribution in [-0.2, 0) is 4.79 Å². The molecule has 0 amide bonds. The van der Waals surface area contributed by atoms with Crippen LogP contribution in [0.25, 0.3) is 11.0 Å². The van der Waals surface area contributed by atoms with Gasteiger partial charge in [0.1, 0.15) is 4.47 Å². The lowest BCUT2D eigenvalue weighted by atomic mass is 10.1. The first-order chi connectivity index (χ1) is 11.3. The molecule has 0 saturated carbocycles. The summed E-state index contributed by atoms with van der Waals surface area (Å²) in [6.45, 7) is 5.01. The van der Waals surface area contributed by atoms with Gasteiger partial charge in [-0.25, -0.2) is 4.98 Å². The van der Waals surface area contributed by atoms with E-state index in [-0.39, 0.29) is 17.5 Å². The Kier molecular flexibility index (Phi) is 4.65. The third-order valence-electron chi connectivity index (χ3n) is 4.07. The molecule has 0 unspecified atom stereocenters. The third-order valence-corrected chi connectivity index (χ3v) is 6.03. The average Bonchev–Trinajstić information content (AvgIpc) is 2.86. The molecule has 1 fully saturated rings. The molecule has 0 spiro atoms. The number of anilines is 1. The van der Waals surface area contributed by atoms with Crippen LogP contribution in [0.5, 0.6) is 0 Å². The average molecular weight is 460 g/mol. The zero-order chi connectivity index (χ0) is 17.6. The van der Waals surface area contributed by atoms with Gasteiger partial charge in [0.15, 0.2) is 11.3 Å². The van der Waals surface area contributed by atoms with Gasteiger partial charge in [0.2, 0.25) is 5.95 Å². The molecule has 1 saturated heterocycles. The summed E-state index contributed by atoms with van der Waals surface area (Å²) in [7, 11) is 0. The first kappa shape index (κ1) is 17.3. The van der Waals surface area contributed by atoms with Crippen molar-refractivity contribution in [2.75, 3.05) is 18.0 Å². The van der Waals surface area contributed by atoms with Crippen LogP contribution in [0.1, 0.15) is 32.7 Å². The van der Waals surface area contributed by atoms with Crippen molar-refractivity contribution in [2.24, 2.45) is 0 Å². The van der Waals surface area contributed by atoms with Crippen molar-refractivity contribution in [1.29, 1.82) is 0 Å². The van der Waals surface area contributed by atoms with Gasteiger partial charge in [-0.1, -0.05) is 0 Å². The van der Waals surface area contributed by atoms with Crippen LogP contribution in [0.15, 0.2) is 15.0 Å². The van der Waals surface area contributed by atoms with E-state index in [1.165, 1.54) is 0 Å². The van der Waals surface area contributed by atoms with Gasteiger partial charge in [-0.2, -0.15) is 0 Å². The highest BCUT2D eigenvalue weighted by Gasteiger charge is 2.29. The Bertz CT molecular complexity index is 847. The molecule has 1 aliphatic heterocycles. The van der Waals surface area contributed by atoms with E-state index in [2.05, 4.69) is 36.8 Å². The fourth-order valence-corrected chi connectivity index (χ4v) is 3.90. The Labute approximate surface area is 155 Å². The second-order valence-corrected chi connectivity index (χ2v) is 7.73. The number of aromatic nitrogens is 2. The second-order valence-electron chi connectivity index (χ2n) is 6.09. The number of nitro groups is 1. The number of hydrogen-bond acceptors (Lipinski definition) is 5. The molecule has 7 nitrogen and oxygen atoms in total. The van der Waals surface area contributed by atoms with Crippen molar-refractivity contribution in [1.82, 2.24) is 9.55 Å². The summed E-state index contributed by atoms with van der Waals surface area (Å²) >= 11 is 6.65. The molecule has 0 N–H and O–H groups in total. The molecule has 0 radical (unpaired) electrons. The van der Waals surface area contributed by atoms with Gasteiger partial charge >= 0.3 is 5.69 Å². The fourth-order valence-electron chi connectivity index (χ4n) is 3.05. The molecule has 0 aliphatic carbocycles. The quantitative estimate of drug-likeness (QED) is 0.507. The maximum Gasteiger partial charge on any atom is 0.312 e. The lowest BCUT2D eigenvalue weighted by Crippen LogP contribution is -2.37. The Hall–Kier alpha value is -1.48. The molecule has 24 heavy (non-hydrogen) atoms. The smallest absolute Gasteiger partial charge is 0.312 e. The third kappa shape index (κ3) is 2.83. The fraction of sp³-hybridized carbons (Fsp3) is 0.467. The van der Waals surface area contributed by atoms with Crippen LogP contribution in [0.3, 0.4) is 0 Å². The number of benzene rings is 1. The van der Waals surface area contributed by atoms with Gasteiger partial charge in [-0.15, -0.1) is 0 Å². The number of nitrogens with zero attached hydrogens (tertiary/aromatic N) is 4. The van der Waals surface area contributed by atoms with E-state index in [1.54, 1.807) is 0 Å². The second kappa shape index (κ2) is 6.44. The summed E-state index contributed by atoms with van der Waals surface area (Å²) in [4.78, 5) is 29.4. The van der Waals surface area contributed by atoms with Crippen molar-refractivity contribution in [3.63, 3.8) is 0 Å². The number of carbonyl (C=O) groups is 1. The number of carbonyl (C=O) groups excluding carboxylic acids is 1. The first-order valence-electron chi connectivity index (χ1n) is 7.62. The lowest BCUT2D eigenvalue weighted by Gasteiger charge is -2.28. The predicted molar refractivity (Wildman–Crippen MR) is 98.6 cm³/mol. The first-order valence-corrected chi connectivity index (χ1v) is 9.20.